The summed E-state index contributed by atoms with van der Waals surface area (Å²) < 4.78 is 31.5. The third-order valence-electron chi connectivity index (χ3n) is 3.59. The van der Waals surface area contributed by atoms with E-state index in [2.05, 4.69) is 10.0 Å². The number of Topliss-reactive ketones (excluding diaryl/α,β-unsaturated/α-hetero) is 1. The topological polar surface area (TPSA) is 119 Å². The number of amides is 1. The molecule has 0 spiro atoms. The molecule has 2 N–H and O–H groups in total. The van der Waals surface area contributed by atoms with E-state index in [1.165, 1.54) is 31.2 Å². The Morgan fingerprint density at radius 1 is 1.00 bits per heavy atom. The van der Waals surface area contributed by atoms with Crippen LogP contribution in [0.5, 0.6) is 0 Å². The normalized spacial score (nSPS) is 10.9. The van der Waals surface area contributed by atoms with Gasteiger partial charge in [-0.1, -0.05) is 30.3 Å². The van der Waals surface area contributed by atoms with Crippen molar-refractivity contribution in [3.63, 3.8) is 0 Å². The minimum atomic E-state index is -3.87. The minimum Gasteiger partial charge on any atom is -0.456 e. The predicted octanol–water partition coefficient (Wildman–Crippen LogP) is 1.74. The van der Waals surface area contributed by atoms with Crippen LogP contribution in [0.1, 0.15) is 23.7 Å². The molecule has 9 heteroatoms. The van der Waals surface area contributed by atoms with E-state index in [-0.39, 0.29) is 29.2 Å². The largest absolute Gasteiger partial charge is 0.456 e. The lowest BCUT2D eigenvalue weighted by Gasteiger charge is -2.08. The van der Waals surface area contributed by atoms with Crippen LogP contribution in [-0.2, 0) is 24.3 Å². The number of carbonyl (C=O) groups is 3. The zero-order valence-corrected chi connectivity index (χ0v) is 16.0. The molecule has 0 aliphatic heterocycles. The molecule has 2 rings (SSSR count). The van der Waals surface area contributed by atoms with Crippen molar-refractivity contribution in [3.8, 4) is 0 Å². The van der Waals surface area contributed by atoms with Crippen molar-refractivity contribution in [2.24, 2.45) is 0 Å². The first-order chi connectivity index (χ1) is 13.3. The molecule has 2 aromatic rings. The smallest absolute Gasteiger partial charge is 0.307 e. The summed E-state index contributed by atoms with van der Waals surface area (Å²) in [4.78, 5) is 34.7. The van der Waals surface area contributed by atoms with Crippen molar-refractivity contribution in [2.75, 3.05) is 18.5 Å². The van der Waals surface area contributed by atoms with Gasteiger partial charge < -0.3 is 10.1 Å². The molecule has 0 heterocycles. The molecular weight excluding hydrogens is 384 g/mol. The Morgan fingerprint density at radius 3 is 2.39 bits per heavy atom. The Labute approximate surface area is 163 Å². The number of ether oxygens (including phenoxy) is 1. The SMILES string of the molecule is CC(=O)c1cccc(S(=O)(=O)NCCC(=O)OCC(=O)Nc2ccccc2)c1. The third kappa shape index (κ3) is 6.60. The average molecular weight is 404 g/mol. The molecule has 1 amide bonds. The maximum Gasteiger partial charge on any atom is 0.307 e. The molecule has 0 fully saturated rings. The van der Waals surface area contributed by atoms with E-state index in [1.54, 1.807) is 30.3 Å². The second kappa shape index (κ2) is 9.77. The van der Waals surface area contributed by atoms with Crippen molar-refractivity contribution in [3.05, 3.63) is 60.2 Å². The second-order valence-corrected chi connectivity index (χ2v) is 7.57. The fraction of sp³-hybridized carbons (Fsp3) is 0.211. The van der Waals surface area contributed by atoms with Crippen LogP contribution in [0.4, 0.5) is 5.69 Å². The molecule has 0 saturated carbocycles. The Morgan fingerprint density at radius 2 is 1.71 bits per heavy atom. The summed E-state index contributed by atoms with van der Waals surface area (Å²) in [5.41, 5.74) is 0.843. The Hall–Kier alpha value is -3.04. The van der Waals surface area contributed by atoms with Crippen LogP contribution in [0.2, 0.25) is 0 Å². The molecule has 148 valence electrons. The highest BCUT2D eigenvalue weighted by Crippen LogP contribution is 2.12. The number of ketones is 1. The van der Waals surface area contributed by atoms with Gasteiger partial charge in [0.25, 0.3) is 5.91 Å². The Bertz CT molecular complexity index is 957. The van der Waals surface area contributed by atoms with Gasteiger partial charge in [0.15, 0.2) is 12.4 Å². The van der Waals surface area contributed by atoms with Crippen molar-refractivity contribution in [1.29, 1.82) is 0 Å². The molecule has 28 heavy (non-hydrogen) atoms. The summed E-state index contributed by atoms with van der Waals surface area (Å²) >= 11 is 0. The zero-order valence-electron chi connectivity index (χ0n) is 15.2. The van der Waals surface area contributed by atoms with Crippen LogP contribution in [0, 0.1) is 0 Å². The summed E-state index contributed by atoms with van der Waals surface area (Å²) in [6.07, 6.45) is -0.246. The summed E-state index contributed by atoms with van der Waals surface area (Å²) in [5, 5.41) is 2.56. The van der Waals surface area contributed by atoms with Gasteiger partial charge in [-0.2, -0.15) is 0 Å². The first-order valence-electron chi connectivity index (χ1n) is 8.39. The quantitative estimate of drug-likeness (QED) is 0.485. The van der Waals surface area contributed by atoms with Crippen LogP contribution in [0.15, 0.2) is 59.5 Å². The predicted molar refractivity (Wildman–Crippen MR) is 102 cm³/mol. The summed E-state index contributed by atoms with van der Waals surface area (Å²) in [6, 6.07) is 14.3. The molecule has 2 aromatic carbocycles. The average Bonchev–Trinajstić information content (AvgIpc) is 2.67. The van der Waals surface area contributed by atoms with E-state index in [9.17, 15) is 22.8 Å². The highest BCUT2D eigenvalue weighted by molar-refractivity contribution is 7.89. The van der Waals surface area contributed by atoms with Crippen LogP contribution in [0.25, 0.3) is 0 Å². The van der Waals surface area contributed by atoms with E-state index in [0.29, 0.717) is 5.69 Å². The van der Waals surface area contributed by atoms with Crippen molar-refractivity contribution in [1.82, 2.24) is 4.72 Å². The standard InChI is InChI=1S/C19H20N2O6S/c1-14(22)15-6-5-9-17(12-15)28(25,26)20-11-10-19(24)27-13-18(23)21-16-7-3-2-4-8-16/h2-9,12,20H,10-11,13H2,1H3,(H,21,23). The van der Waals surface area contributed by atoms with Gasteiger partial charge in [-0.3, -0.25) is 14.4 Å². The zero-order chi connectivity index (χ0) is 20.6. The molecule has 0 aliphatic rings. The van der Waals surface area contributed by atoms with Crippen molar-refractivity contribution >= 4 is 33.4 Å². The van der Waals surface area contributed by atoms with Gasteiger partial charge in [-0.05, 0) is 31.2 Å². The van der Waals surface area contributed by atoms with Gasteiger partial charge >= 0.3 is 5.97 Å². The number of carbonyl (C=O) groups excluding carboxylic acids is 3. The molecule has 0 atom stereocenters. The molecular formula is C19H20N2O6S. The number of rotatable bonds is 9. The number of hydrogen-bond donors (Lipinski definition) is 2. The lowest BCUT2D eigenvalue weighted by molar-refractivity contribution is -0.147. The number of esters is 1. The van der Waals surface area contributed by atoms with E-state index in [1.807, 2.05) is 0 Å². The Kier molecular flexibility index (Phi) is 7.42. The van der Waals surface area contributed by atoms with Crippen LogP contribution < -0.4 is 10.0 Å². The second-order valence-electron chi connectivity index (χ2n) is 5.81. The lowest BCUT2D eigenvalue weighted by Crippen LogP contribution is -2.28. The monoisotopic (exact) mass is 404 g/mol. The van der Waals surface area contributed by atoms with Gasteiger partial charge in [0.05, 0.1) is 11.3 Å². The maximum atomic E-state index is 12.2. The fourth-order valence-electron chi connectivity index (χ4n) is 2.19. The van der Waals surface area contributed by atoms with Gasteiger partial charge in [0.2, 0.25) is 10.0 Å². The van der Waals surface area contributed by atoms with Crippen molar-refractivity contribution in [2.45, 2.75) is 18.2 Å². The molecule has 0 aromatic heterocycles. The van der Waals surface area contributed by atoms with Crippen LogP contribution >= 0.6 is 0 Å². The molecule has 0 bridgehead atoms. The number of para-hydroxylation sites is 1. The lowest BCUT2D eigenvalue weighted by atomic mass is 10.2. The first kappa shape index (κ1) is 21.3. The fourth-order valence-corrected chi connectivity index (χ4v) is 3.27. The van der Waals surface area contributed by atoms with Crippen molar-refractivity contribution < 1.29 is 27.5 Å². The summed E-state index contributed by atoms with van der Waals surface area (Å²) in [6.45, 7) is 0.663. The highest BCUT2D eigenvalue weighted by atomic mass is 32.2. The van der Waals surface area contributed by atoms with Gasteiger partial charge in [-0.25, -0.2) is 13.1 Å². The van der Waals surface area contributed by atoms with Gasteiger partial charge in [0, 0.05) is 17.8 Å². The van der Waals surface area contributed by atoms with Crippen LogP contribution in [-0.4, -0.2) is 39.2 Å². The molecule has 8 nitrogen and oxygen atoms in total. The summed E-state index contributed by atoms with van der Waals surface area (Å²) in [5.74, 6) is -1.47. The third-order valence-corrected chi connectivity index (χ3v) is 5.05. The van der Waals surface area contributed by atoms with E-state index < -0.39 is 28.5 Å². The number of nitrogens with one attached hydrogen (secondary N) is 2. The number of benzene rings is 2. The maximum absolute atomic E-state index is 12.2. The number of anilines is 1. The Balaban J connectivity index is 1.77. The minimum absolute atomic E-state index is 0.0733. The van der Waals surface area contributed by atoms with E-state index in [4.69, 9.17) is 4.74 Å². The van der Waals surface area contributed by atoms with E-state index >= 15 is 0 Å². The van der Waals surface area contributed by atoms with E-state index in [0.717, 1.165) is 0 Å². The first-order valence-corrected chi connectivity index (χ1v) is 9.87. The van der Waals surface area contributed by atoms with Gasteiger partial charge in [0.1, 0.15) is 0 Å². The molecule has 0 saturated heterocycles. The van der Waals surface area contributed by atoms with Crippen LogP contribution in [0.3, 0.4) is 0 Å². The molecule has 0 radical (unpaired) electrons. The highest BCUT2D eigenvalue weighted by Gasteiger charge is 2.16. The van der Waals surface area contributed by atoms with Gasteiger partial charge in [-0.15, -0.1) is 0 Å². The number of hydrogen-bond acceptors (Lipinski definition) is 6. The number of sulfonamides is 1. The molecule has 0 aliphatic carbocycles. The molecule has 0 unspecified atom stereocenters. The summed E-state index contributed by atoms with van der Waals surface area (Å²) in [7, 11) is -3.87.